The molecule has 1 aliphatic heterocycles. The Bertz CT molecular complexity index is 595. The van der Waals surface area contributed by atoms with Crippen LogP contribution in [0.3, 0.4) is 0 Å². The van der Waals surface area contributed by atoms with E-state index in [4.69, 9.17) is 28.9 Å². The lowest BCUT2D eigenvalue weighted by atomic mass is 10.0. The molecule has 5 nitrogen and oxygen atoms in total. The van der Waals surface area contributed by atoms with Crippen LogP contribution in [-0.2, 0) is 4.79 Å². The summed E-state index contributed by atoms with van der Waals surface area (Å²) in [5.41, 5.74) is 6.00. The van der Waals surface area contributed by atoms with Crippen LogP contribution in [0.15, 0.2) is 18.2 Å². The maximum absolute atomic E-state index is 12.6. The molecule has 0 aliphatic carbocycles. The predicted octanol–water partition coefficient (Wildman–Crippen LogP) is 2.45. The molecule has 2 rings (SSSR count). The molecule has 7 heteroatoms. The van der Waals surface area contributed by atoms with Gasteiger partial charge < -0.3 is 16.0 Å². The van der Waals surface area contributed by atoms with Gasteiger partial charge in [-0.15, -0.1) is 0 Å². The van der Waals surface area contributed by atoms with Crippen LogP contribution in [0.2, 0.25) is 10.0 Å². The first-order valence-electron chi connectivity index (χ1n) is 7.71. The molecule has 3 N–H and O–H groups in total. The fourth-order valence-corrected chi connectivity index (χ4v) is 3.19. The lowest BCUT2D eigenvalue weighted by molar-refractivity contribution is -0.136. The van der Waals surface area contributed by atoms with E-state index < -0.39 is 11.9 Å². The maximum atomic E-state index is 12.6. The van der Waals surface area contributed by atoms with E-state index in [0.717, 1.165) is 19.3 Å². The number of nitrogens with one attached hydrogen (secondary N) is 1. The van der Waals surface area contributed by atoms with Gasteiger partial charge in [-0.25, -0.2) is 0 Å². The molecule has 1 fully saturated rings. The Balaban J connectivity index is 2.05. The molecule has 2 atom stereocenters. The quantitative estimate of drug-likeness (QED) is 0.868. The van der Waals surface area contributed by atoms with E-state index in [2.05, 4.69) is 5.32 Å². The van der Waals surface area contributed by atoms with E-state index in [-0.39, 0.29) is 22.5 Å². The summed E-state index contributed by atoms with van der Waals surface area (Å²) >= 11 is 12.0. The second-order valence-electron chi connectivity index (χ2n) is 5.71. The molecule has 0 radical (unpaired) electrons. The molecule has 0 aromatic heterocycles. The number of nitrogens with two attached hydrogens (primary N) is 1. The summed E-state index contributed by atoms with van der Waals surface area (Å²) in [7, 11) is 0. The number of hydrogen-bond acceptors (Lipinski definition) is 3. The summed E-state index contributed by atoms with van der Waals surface area (Å²) in [5.74, 6) is -0.536. The normalized spacial score (nSPS) is 19.3. The van der Waals surface area contributed by atoms with Gasteiger partial charge in [-0.1, -0.05) is 29.3 Å². The fourth-order valence-electron chi connectivity index (χ4n) is 2.80. The molecule has 1 aliphatic rings. The average Bonchev–Trinajstić information content (AvgIpc) is 2.56. The van der Waals surface area contributed by atoms with Crippen LogP contribution >= 0.6 is 23.2 Å². The van der Waals surface area contributed by atoms with Crippen LogP contribution in [-0.4, -0.2) is 41.9 Å². The smallest absolute Gasteiger partial charge is 0.253 e. The van der Waals surface area contributed by atoms with Crippen LogP contribution in [0, 0.1) is 0 Å². The number of hydrogen-bond donors (Lipinski definition) is 2. The molecular weight excluding hydrogens is 337 g/mol. The maximum Gasteiger partial charge on any atom is 0.253 e. The van der Waals surface area contributed by atoms with Crippen molar-refractivity contribution < 1.29 is 9.59 Å². The fraction of sp³-hybridized carbons (Fsp3) is 0.500. The topological polar surface area (TPSA) is 75.4 Å². The molecule has 0 saturated carbocycles. The van der Waals surface area contributed by atoms with Gasteiger partial charge in [0.2, 0.25) is 5.91 Å². The Kier molecular flexibility index (Phi) is 6.27. The zero-order valence-electron chi connectivity index (χ0n) is 13.0. The Morgan fingerprint density at radius 2 is 2.13 bits per heavy atom. The largest absolute Gasteiger partial charge is 0.340 e. The van der Waals surface area contributed by atoms with Gasteiger partial charge in [-0.2, -0.15) is 0 Å². The van der Waals surface area contributed by atoms with Gasteiger partial charge in [0, 0.05) is 19.1 Å². The first kappa shape index (κ1) is 18.0. The van der Waals surface area contributed by atoms with E-state index in [1.807, 2.05) is 0 Å². The van der Waals surface area contributed by atoms with Crippen LogP contribution in [0.5, 0.6) is 0 Å². The molecule has 2 unspecified atom stereocenters. The van der Waals surface area contributed by atoms with Crippen molar-refractivity contribution in [3.63, 3.8) is 0 Å². The average molecular weight is 358 g/mol. The van der Waals surface area contributed by atoms with Crippen LogP contribution in [0.4, 0.5) is 0 Å². The number of carbonyl (C=O) groups is 2. The van der Waals surface area contributed by atoms with Crippen molar-refractivity contribution in [1.29, 1.82) is 0 Å². The van der Waals surface area contributed by atoms with Crippen molar-refractivity contribution in [2.75, 3.05) is 13.1 Å². The number of halogens is 2. The highest BCUT2D eigenvalue weighted by Gasteiger charge is 2.29. The Labute approximate surface area is 146 Å². The van der Waals surface area contributed by atoms with Crippen molar-refractivity contribution in [2.24, 2.45) is 5.73 Å². The molecule has 126 valence electrons. The lowest BCUT2D eigenvalue weighted by Crippen LogP contribution is -2.54. The Morgan fingerprint density at radius 1 is 1.39 bits per heavy atom. The third kappa shape index (κ3) is 4.16. The molecular formula is C16H21Cl2N3O2. The standard InChI is InChI=1S/C16H21Cl2N3O2/c1-10(16(23)21-8-3-2-5-11(21)9-19)20-15(22)12-6-4-7-13(17)14(12)18/h4,6-7,10-11H,2-3,5,8-9,19H2,1H3,(H,20,22). The van der Waals surface area contributed by atoms with E-state index in [9.17, 15) is 9.59 Å². The summed E-state index contributed by atoms with van der Waals surface area (Å²) < 4.78 is 0. The summed E-state index contributed by atoms with van der Waals surface area (Å²) in [6.45, 7) is 2.78. The second-order valence-corrected chi connectivity index (χ2v) is 6.50. The van der Waals surface area contributed by atoms with Crippen LogP contribution < -0.4 is 11.1 Å². The number of carbonyl (C=O) groups excluding carboxylic acids is 2. The van der Waals surface area contributed by atoms with Gasteiger partial charge in [-0.3, -0.25) is 9.59 Å². The predicted molar refractivity (Wildman–Crippen MR) is 91.8 cm³/mol. The summed E-state index contributed by atoms with van der Waals surface area (Å²) in [4.78, 5) is 26.7. The van der Waals surface area contributed by atoms with Crippen molar-refractivity contribution in [2.45, 2.75) is 38.3 Å². The third-order valence-corrected chi connectivity index (χ3v) is 4.92. The first-order chi connectivity index (χ1) is 11.0. The highest BCUT2D eigenvalue weighted by atomic mass is 35.5. The van der Waals surface area contributed by atoms with Crippen molar-refractivity contribution >= 4 is 35.0 Å². The van der Waals surface area contributed by atoms with Gasteiger partial charge in [0.15, 0.2) is 0 Å². The van der Waals surface area contributed by atoms with Gasteiger partial charge in [-0.05, 0) is 38.3 Å². The molecule has 1 saturated heterocycles. The number of amides is 2. The molecule has 23 heavy (non-hydrogen) atoms. The summed E-state index contributed by atoms with van der Waals surface area (Å²) in [6, 6.07) is 4.22. The van der Waals surface area contributed by atoms with Gasteiger partial charge in [0.25, 0.3) is 5.91 Å². The molecule has 2 amide bonds. The lowest BCUT2D eigenvalue weighted by Gasteiger charge is -2.36. The van der Waals surface area contributed by atoms with Crippen molar-refractivity contribution in [3.05, 3.63) is 33.8 Å². The highest BCUT2D eigenvalue weighted by Crippen LogP contribution is 2.25. The van der Waals surface area contributed by atoms with Crippen LogP contribution in [0.1, 0.15) is 36.5 Å². The number of benzene rings is 1. The molecule has 0 spiro atoms. The van der Waals surface area contributed by atoms with Crippen molar-refractivity contribution in [3.8, 4) is 0 Å². The minimum absolute atomic E-state index is 0.0466. The number of likely N-dealkylation sites (tertiary alicyclic amines) is 1. The summed E-state index contributed by atoms with van der Waals surface area (Å²) in [5, 5.41) is 3.18. The van der Waals surface area contributed by atoms with Gasteiger partial charge in [0.05, 0.1) is 15.6 Å². The molecule has 1 heterocycles. The summed E-state index contributed by atoms with van der Waals surface area (Å²) in [6.07, 6.45) is 2.94. The molecule has 0 bridgehead atoms. The zero-order chi connectivity index (χ0) is 17.0. The van der Waals surface area contributed by atoms with E-state index in [1.165, 1.54) is 0 Å². The number of nitrogens with zero attached hydrogens (tertiary/aromatic N) is 1. The third-order valence-electron chi connectivity index (χ3n) is 4.10. The van der Waals surface area contributed by atoms with E-state index in [0.29, 0.717) is 18.1 Å². The van der Waals surface area contributed by atoms with Crippen molar-refractivity contribution in [1.82, 2.24) is 10.2 Å². The molecule has 1 aromatic carbocycles. The zero-order valence-corrected chi connectivity index (χ0v) is 14.5. The van der Waals surface area contributed by atoms with Gasteiger partial charge >= 0.3 is 0 Å². The van der Waals surface area contributed by atoms with Gasteiger partial charge in [0.1, 0.15) is 6.04 Å². The van der Waals surface area contributed by atoms with Crippen LogP contribution in [0.25, 0.3) is 0 Å². The SMILES string of the molecule is CC(NC(=O)c1cccc(Cl)c1Cl)C(=O)N1CCCCC1CN. The minimum Gasteiger partial charge on any atom is -0.340 e. The van der Waals surface area contributed by atoms with E-state index >= 15 is 0 Å². The Hall–Kier alpha value is -1.30. The molecule has 1 aromatic rings. The number of rotatable bonds is 4. The van der Waals surface area contributed by atoms with E-state index in [1.54, 1.807) is 30.0 Å². The second kappa shape index (κ2) is 7.99. The number of piperidine rings is 1. The first-order valence-corrected chi connectivity index (χ1v) is 8.46. The Morgan fingerprint density at radius 3 is 2.83 bits per heavy atom. The highest BCUT2D eigenvalue weighted by molar-refractivity contribution is 6.43. The monoisotopic (exact) mass is 357 g/mol. The minimum atomic E-state index is -0.648.